The van der Waals surface area contributed by atoms with Crippen LogP contribution in [0, 0.1) is 13.8 Å². The Bertz CT molecular complexity index is 947. The first-order valence-corrected chi connectivity index (χ1v) is 10.0. The van der Waals surface area contributed by atoms with Gasteiger partial charge in [-0.25, -0.2) is 8.42 Å². The molecule has 2 aromatic carbocycles. The molecule has 1 saturated heterocycles. The molecule has 1 heterocycles. The van der Waals surface area contributed by atoms with Crippen molar-refractivity contribution < 1.29 is 13.2 Å². The highest BCUT2D eigenvalue weighted by Crippen LogP contribution is 2.25. The van der Waals surface area contributed by atoms with E-state index in [1.54, 1.807) is 48.2 Å². The third-order valence-electron chi connectivity index (χ3n) is 4.55. The number of halogens is 1. The lowest BCUT2D eigenvalue weighted by atomic mass is 10.1. The van der Waals surface area contributed by atoms with Crippen molar-refractivity contribution in [1.29, 1.82) is 0 Å². The summed E-state index contributed by atoms with van der Waals surface area (Å²) in [5.74, 6) is -0.211. The van der Waals surface area contributed by atoms with Gasteiger partial charge in [-0.2, -0.15) is 0 Å². The molecular formula is C19H24ClN3O3S. The maximum absolute atomic E-state index is 12.9. The van der Waals surface area contributed by atoms with Gasteiger partial charge in [-0.05, 0) is 49.6 Å². The number of sulfonamides is 1. The number of benzene rings is 2. The molecule has 1 atom stereocenters. The molecule has 0 unspecified atom stereocenters. The quantitative estimate of drug-likeness (QED) is 0.811. The van der Waals surface area contributed by atoms with Crippen molar-refractivity contribution in [2.24, 2.45) is 5.73 Å². The second-order valence-electron chi connectivity index (χ2n) is 6.72. The third-order valence-corrected chi connectivity index (χ3v) is 6.05. The van der Waals surface area contributed by atoms with Gasteiger partial charge in [-0.1, -0.05) is 24.3 Å². The van der Waals surface area contributed by atoms with E-state index >= 15 is 0 Å². The summed E-state index contributed by atoms with van der Waals surface area (Å²) in [5.41, 5.74) is 7.99. The van der Waals surface area contributed by atoms with Gasteiger partial charge in [0, 0.05) is 19.1 Å². The van der Waals surface area contributed by atoms with Crippen LogP contribution in [0.4, 0.5) is 5.69 Å². The highest BCUT2D eigenvalue weighted by Gasteiger charge is 2.27. The smallest absolute Gasteiger partial charge is 0.262 e. The Kier molecular flexibility index (Phi) is 6.51. The molecule has 0 spiro atoms. The summed E-state index contributed by atoms with van der Waals surface area (Å²) in [5, 5.41) is 0. The Morgan fingerprint density at radius 3 is 2.56 bits per heavy atom. The molecule has 0 aromatic heterocycles. The molecule has 2 aromatic rings. The lowest BCUT2D eigenvalue weighted by Gasteiger charge is -2.19. The molecule has 146 valence electrons. The minimum absolute atomic E-state index is 0. The van der Waals surface area contributed by atoms with Gasteiger partial charge in [0.25, 0.3) is 15.9 Å². The zero-order valence-corrected chi connectivity index (χ0v) is 16.9. The van der Waals surface area contributed by atoms with Crippen LogP contribution in [-0.4, -0.2) is 38.4 Å². The average Bonchev–Trinajstić information content (AvgIpc) is 3.03. The summed E-state index contributed by atoms with van der Waals surface area (Å²) in [6.45, 7) is 4.65. The maximum atomic E-state index is 12.9. The Hall–Kier alpha value is -2.09. The lowest BCUT2D eigenvalue weighted by Crippen LogP contribution is -2.32. The van der Waals surface area contributed by atoms with Crippen molar-refractivity contribution in [2.75, 3.05) is 17.8 Å². The van der Waals surface area contributed by atoms with Crippen molar-refractivity contribution in [2.45, 2.75) is 31.2 Å². The fourth-order valence-electron chi connectivity index (χ4n) is 3.10. The van der Waals surface area contributed by atoms with E-state index in [-0.39, 0.29) is 34.9 Å². The zero-order chi connectivity index (χ0) is 18.9. The van der Waals surface area contributed by atoms with Gasteiger partial charge < -0.3 is 10.6 Å². The van der Waals surface area contributed by atoms with Gasteiger partial charge >= 0.3 is 0 Å². The fourth-order valence-corrected chi connectivity index (χ4v) is 4.51. The van der Waals surface area contributed by atoms with Crippen molar-refractivity contribution in [1.82, 2.24) is 4.90 Å². The second-order valence-corrected chi connectivity index (χ2v) is 8.37. The molecule has 1 fully saturated rings. The highest BCUT2D eigenvalue weighted by atomic mass is 35.5. The Labute approximate surface area is 166 Å². The van der Waals surface area contributed by atoms with Crippen LogP contribution in [0.5, 0.6) is 0 Å². The van der Waals surface area contributed by atoms with Crippen molar-refractivity contribution in [3.63, 3.8) is 0 Å². The summed E-state index contributed by atoms with van der Waals surface area (Å²) >= 11 is 0. The molecule has 3 N–H and O–H groups in total. The van der Waals surface area contributed by atoms with E-state index in [2.05, 4.69) is 4.72 Å². The lowest BCUT2D eigenvalue weighted by molar-refractivity contribution is 0.0792. The number of anilines is 1. The Balaban J connectivity index is 0.00000261. The fraction of sp³-hybridized carbons (Fsp3) is 0.316. The SMILES string of the molecule is Cc1ccc(C)c(S(=O)(=O)Nc2ccccc2C(=O)N2CC[C@@H](N)C2)c1.Cl. The number of para-hydroxylation sites is 1. The highest BCUT2D eigenvalue weighted by molar-refractivity contribution is 7.92. The van der Waals surface area contributed by atoms with Gasteiger partial charge in [-0.3, -0.25) is 9.52 Å². The van der Waals surface area contributed by atoms with E-state index in [1.165, 1.54) is 0 Å². The number of rotatable bonds is 4. The van der Waals surface area contributed by atoms with E-state index in [9.17, 15) is 13.2 Å². The molecule has 0 radical (unpaired) electrons. The number of carbonyl (C=O) groups is 1. The molecule has 0 bridgehead atoms. The number of aryl methyl sites for hydroxylation is 2. The largest absolute Gasteiger partial charge is 0.337 e. The van der Waals surface area contributed by atoms with Crippen LogP contribution in [0.15, 0.2) is 47.4 Å². The Morgan fingerprint density at radius 1 is 1.19 bits per heavy atom. The number of hydrogen-bond donors (Lipinski definition) is 2. The first-order valence-electron chi connectivity index (χ1n) is 8.52. The van der Waals surface area contributed by atoms with Crippen LogP contribution in [0.3, 0.4) is 0 Å². The van der Waals surface area contributed by atoms with E-state index in [4.69, 9.17) is 5.73 Å². The Morgan fingerprint density at radius 2 is 1.89 bits per heavy atom. The first-order chi connectivity index (χ1) is 12.3. The van der Waals surface area contributed by atoms with Crippen LogP contribution in [-0.2, 0) is 10.0 Å². The summed E-state index contributed by atoms with van der Waals surface area (Å²) in [4.78, 5) is 14.7. The molecule has 3 rings (SSSR count). The van der Waals surface area contributed by atoms with E-state index in [0.717, 1.165) is 12.0 Å². The summed E-state index contributed by atoms with van der Waals surface area (Å²) in [6.07, 6.45) is 0.752. The van der Waals surface area contributed by atoms with Crippen LogP contribution < -0.4 is 10.5 Å². The van der Waals surface area contributed by atoms with Crippen LogP contribution >= 0.6 is 12.4 Å². The minimum atomic E-state index is -3.80. The summed E-state index contributed by atoms with van der Waals surface area (Å²) in [6, 6.07) is 11.9. The first kappa shape index (κ1) is 21.2. The second kappa shape index (κ2) is 8.29. The van der Waals surface area contributed by atoms with Gasteiger partial charge in [0.05, 0.1) is 16.1 Å². The van der Waals surface area contributed by atoms with Gasteiger partial charge in [0.2, 0.25) is 0 Å². The number of carbonyl (C=O) groups excluding carboxylic acids is 1. The molecule has 1 amide bonds. The molecule has 1 aliphatic heterocycles. The number of nitrogens with two attached hydrogens (primary N) is 1. The van der Waals surface area contributed by atoms with Crippen LogP contribution in [0.25, 0.3) is 0 Å². The van der Waals surface area contributed by atoms with Gasteiger partial charge in [-0.15, -0.1) is 12.4 Å². The van der Waals surface area contributed by atoms with E-state index in [1.807, 2.05) is 13.0 Å². The monoisotopic (exact) mass is 409 g/mol. The molecule has 6 nitrogen and oxygen atoms in total. The average molecular weight is 410 g/mol. The number of nitrogens with one attached hydrogen (secondary N) is 1. The predicted molar refractivity (Wildman–Crippen MR) is 109 cm³/mol. The summed E-state index contributed by atoms with van der Waals surface area (Å²) < 4.78 is 28.3. The topological polar surface area (TPSA) is 92.5 Å². The molecule has 0 aliphatic carbocycles. The maximum Gasteiger partial charge on any atom is 0.262 e. The molecule has 0 saturated carbocycles. The molecule has 8 heteroatoms. The van der Waals surface area contributed by atoms with Crippen LogP contribution in [0.1, 0.15) is 27.9 Å². The minimum Gasteiger partial charge on any atom is -0.337 e. The van der Waals surface area contributed by atoms with Crippen molar-refractivity contribution >= 4 is 34.0 Å². The van der Waals surface area contributed by atoms with Gasteiger partial charge in [0.1, 0.15) is 0 Å². The van der Waals surface area contributed by atoms with Crippen molar-refractivity contribution in [3.05, 3.63) is 59.2 Å². The summed E-state index contributed by atoms with van der Waals surface area (Å²) in [7, 11) is -3.80. The zero-order valence-electron chi connectivity index (χ0n) is 15.3. The third kappa shape index (κ3) is 4.61. The number of nitrogens with zero attached hydrogens (tertiary/aromatic N) is 1. The number of likely N-dealkylation sites (tertiary alicyclic amines) is 1. The van der Waals surface area contributed by atoms with E-state index in [0.29, 0.717) is 24.2 Å². The normalized spacial score (nSPS) is 16.7. The standard InChI is InChI=1S/C19H23N3O3S.ClH/c1-13-7-8-14(2)18(11-13)26(24,25)21-17-6-4-3-5-16(17)19(23)22-10-9-15(20)12-22;/h3-8,11,15,21H,9-10,12,20H2,1-2H3;1H/t15-;/m1./s1. The molecule has 1 aliphatic rings. The molecule has 27 heavy (non-hydrogen) atoms. The number of amides is 1. The van der Waals surface area contributed by atoms with Crippen molar-refractivity contribution in [3.8, 4) is 0 Å². The van der Waals surface area contributed by atoms with Gasteiger partial charge in [0.15, 0.2) is 0 Å². The van der Waals surface area contributed by atoms with E-state index < -0.39 is 10.0 Å². The van der Waals surface area contributed by atoms with Crippen LogP contribution in [0.2, 0.25) is 0 Å². The molecular weight excluding hydrogens is 386 g/mol. The predicted octanol–water partition coefficient (Wildman–Crippen LogP) is 2.70. The number of hydrogen-bond acceptors (Lipinski definition) is 4.